The molecule has 1 aliphatic heterocycles. The minimum atomic E-state index is -0.748. The van der Waals surface area contributed by atoms with E-state index in [1.165, 1.54) is 14.7 Å². The van der Waals surface area contributed by atoms with Crippen molar-refractivity contribution in [3.63, 3.8) is 0 Å². The summed E-state index contributed by atoms with van der Waals surface area (Å²) in [5, 5.41) is 10.3. The lowest BCUT2D eigenvalue weighted by Gasteiger charge is -2.34. The molecular formula is C29H32IN5O3S. The smallest absolute Gasteiger partial charge is 0.253 e. The third kappa shape index (κ3) is 5.79. The first kappa shape index (κ1) is 27.9. The molecule has 0 radical (unpaired) electrons. The van der Waals surface area contributed by atoms with Crippen LogP contribution in [0.25, 0.3) is 33.5 Å². The van der Waals surface area contributed by atoms with Crippen LogP contribution in [0.1, 0.15) is 35.3 Å². The lowest BCUT2D eigenvalue weighted by atomic mass is 9.94. The predicted molar refractivity (Wildman–Crippen MR) is 165 cm³/mol. The van der Waals surface area contributed by atoms with Gasteiger partial charge in [-0.3, -0.25) is 13.7 Å². The Hall–Kier alpha value is -2.67. The monoisotopic (exact) mass is 657 g/mol. The maximum Gasteiger partial charge on any atom is 0.253 e. The van der Waals surface area contributed by atoms with Crippen LogP contribution in [0.4, 0.5) is 0 Å². The average molecular weight is 658 g/mol. The molecule has 0 atom stereocenters. The van der Waals surface area contributed by atoms with Crippen molar-refractivity contribution in [3.05, 3.63) is 65.5 Å². The van der Waals surface area contributed by atoms with Gasteiger partial charge >= 0.3 is 0 Å². The summed E-state index contributed by atoms with van der Waals surface area (Å²) in [5.74, 6) is 0.796. The van der Waals surface area contributed by atoms with Crippen molar-refractivity contribution in [2.24, 2.45) is 0 Å². The highest BCUT2D eigenvalue weighted by Crippen LogP contribution is 2.37. The molecule has 0 bridgehead atoms. The van der Waals surface area contributed by atoms with Gasteiger partial charge in [-0.25, -0.2) is 9.97 Å². The quantitative estimate of drug-likeness (QED) is 0.265. The number of rotatable bonds is 7. The molecule has 1 amide bonds. The molecule has 0 fully saturated rings. The summed E-state index contributed by atoms with van der Waals surface area (Å²) >= 11 is 2.24. The Bertz CT molecular complexity index is 1510. The van der Waals surface area contributed by atoms with Crippen LogP contribution in [0.5, 0.6) is 5.75 Å². The van der Waals surface area contributed by atoms with Crippen molar-refractivity contribution in [2.75, 3.05) is 34.3 Å². The van der Waals surface area contributed by atoms with E-state index < -0.39 is 5.60 Å². The van der Waals surface area contributed by atoms with Gasteiger partial charge in [-0.2, -0.15) is 0 Å². The average Bonchev–Trinajstić information content (AvgIpc) is 3.29. The number of ether oxygens (including phenoxy) is 1. The highest BCUT2D eigenvalue weighted by molar-refractivity contribution is 14.2. The van der Waals surface area contributed by atoms with Gasteiger partial charge in [0.1, 0.15) is 11.3 Å². The number of aliphatic hydroxyl groups is 1. The topological polar surface area (TPSA) is 83.7 Å². The Kier molecular flexibility index (Phi) is 7.91. The van der Waals surface area contributed by atoms with Gasteiger partial charge < -0.3 is 14.7 Å². The van der Waals surface area contributed by atoms with E-state index in [2.05, 4.69) is 32.2 Å². The van der Waals surface area contributed by atoms with Crippen molar-refractivity contribution in [1.29, 1.82) is 0 Å². The number of fused-ring (bicyclic) bond motifs is 2. The molecule has 0 spiro atoms. The van der Waals surface area contributed by atoms with Crippen molar-refractivity contribution < 1.29 is 14.6 Å². The zero-order valence-electron chi connectivity index (χ0n) is 22.7. The molecule has 10 heteroatoms. The molecule has 2 aromatic carbocycles. The number of carbonyl (C=O) groups excluding carboxylic acids is 1. The number of hydrogen-bond acceptors (Lipinski definition) is 7. The van der Waals surface area contributed by atoms with Crippen molar-refractivity contribution in [2.45, 2.75) is 32.4 Å². The lowest BCUT2D eigenvalue weighted by Crippen LogP contribution is -2.41. The Labute approximate surface area is 245 Å². The van der Waals surface area contributed by atoms with E-state index in [0.717, 1.165) is 64.4 Å². The van der Waals surface area contributed by atoms with Crippen LogP contribution < -0.4 is 4.74 Å². The minimum absolute atomic E-state index is 0.0292. The highest BCUT2D eigenvalue weighted by atomic mass is 127. The maximum atomic E-state index is 12.4. The van der Waals surface area contributed by atoms with Gasteiger partial charge in [-0.05, 0) is 55.7 Å². The molecule has 0 saturated carbocycles. The molecule has 0 saturated heterocycles. The number of aromatic nitrogens is 3. The van der Waals surface area contributed by atoms with Gasteiger partial charge in [0.25, 0.3) is 5.91 Å². The maximum absolute atomic E-state index is 12.4. The van der Waals surface area contributed by atoms with Gasteiger partial charge in [-0.1, -0.05) is 12.1 Å². The number of halogens is 1. The third-order valence-electron chi connectivity index (χ3n) is 6.89. The van der Waals surface area contributed by atoms with Crippen LogP contribution in [-0.4, -0.2) is 74.6 Å². The Morgan fingerprint density at radius 3 is 2.59 bits per heavy atom. The van der Waals surface area contributed by atoms with Crippen molar-refractivity contribution >= 4 is 47.4 Å². The van der Waals surface area contributed by atoms with E-state index >= 15 is 0 Å². The summed E-state index contributed by atoms with van der Waals surface area (Å²) in [6, 6.07) is 11.9. The standard InChI is InChI=1S/C29H32IN5O3S/c1-29(2,37)17-34-11-10-20-12-21(13-25(38-5)22(20)15-34)24-14-31-27-26(32-24)23(16-35(27)39-30)18-6-8-19(9-7-18)28(36)33(3)4/h6-9,12-14,16,37H,10-11,15,17H2,1-5H3. The molecule has 2 aromatic heterocycles. The lowest BCUT2D eigenvalue weighted by molar-refractivity contribution is 0.0314. The molecule has 0 unspecified atom stereocenters. The molecule has 1 N–H and O–H groups in total. The predicted octanol–water partition coefficient (Wildman–Crippen LogP) is 5.45. The van der Waals surface area contributed by atoms with Gasteiger partial charge in [0.05, 0.1) is 24.6 Å². The summed E-state index contributed by atoms with van der Waals surface area (Å²) in [5.41, 5.74) is 7.55. The second-order valence-electron chi connectivity index (χ2n) is 10.7. The van der Waals surface area contributed by atoms with Crippen LogP contribution in [-0.2, 0) is 13.0 Å². The van der Waals surface area contributed by atoms with Crippen LogP contribution in [0, 0.1) is 0 Å². The molecule has 3 heterocycles. The second-order valence-corrected chi connectivity index (χ2v) is 12.4. The fourth-order valence-electron chi connectivity index (χ4n) is 5.12. The first-order chi connectivity index (χ1) is 18.6. The number of amides is 1. The zero-order valence-corrected chi connectivity index (χ0v) is 25.7. The summed E-state index contributed by atoms with van der Waals surface area (Å²) in [6.45, 7) is 5.90. The van der Waals surface area contributed by atoms with Crippen LogP contribution >= 0.6 is 30.3 Å². The molecule has 5 rings (SSSR count). The van der Waals surface area contributed by atoms with E-state index in [1.54, 1.807) is 26.1 Å². The zero-order chi connectivity index (χ0) is 27.9. The number of β-amino-alcohol motifs (C(OH)–C–C–N with tert-alkyl or cyclic N) is 1. The van der Waals surface area contributed by atoms with Crippen LogP contribution in [0.15, 0.2) is 48.8 Å². The molecule has 8 nitrogen and oxygen atoms in total. The molecule has 1 aliphatic rings. The van der Waals surface area contributed by atoms with Crippen LogP contribution in [0.3, 0.4) is 0 Å². The molecule has 204 valence electrons. The number of methoxy groups -OCH3 is 1. The first-order valence-corrected chi connectivity index (χ1v) is 16.0. The molecule has 0 aliphatic carbocycles. The van der Waals surface area contributed by atoms with Gasteiger partial charge in [0.15, 0.2) is 5.65 Å². The third-order valence-corrected chi connectivity index (χ3v) is 8.59. The van der Waals surface area contributed by atoms with Crippen molar-refractivity contribution in [3.8, 4) is 28.1 Å². The Morgan fingerprint density at radius 1 is 1.21 bits per heavy atom. The molecule has 39 heavy (non-hydrogen) atoms. The fraction of sp³-hybridized carbons (Fsp3) is 0.345. The van der Waals surface area contributed by atoms with Crippen molar-refractivity contribution in [1.82, 2.24) is 23.7 Å². The minimum Gasteiger partial charge on any atom is -0.496 e. The Morgan fingerprint density at radius 2 is 1.95 bits per heavy atom. The van der Waals surface area contributed by atoms with Crippen LogP contribution in [0.2, 0.25) is 0 Å². The largest absolute Gasteiger partial charge is 0.496 e. The van der Waals surface area contributed by atoms with Gasteiger partial charge in [-0.15, -0.1) is 0 Å². The fourth-order valence-corrected chi connectivity index (χ4v) is 6.36. The summed E-state index contributed by atoms with van der Waals surface area (Å²) < 4.78 is 7.83. The van der Waals surface area contributed by atoms with E-state index in [1.807, 2.05) is 60.5 Å². The number of benzene rings is 2. The normalized spacial score (nSPS) is 13.9. The van der Waals surface area contributed by atoms with Gasteiger partial charge in [0, 0.05) is 92.5 Å². The van der Waals surface area contributed by atoms with E-state index in [4.69, 9.17) is 14.7 Å². The molecular weight excluding hydrogens is 625 g/mol. The summed E-state index contributed by atoms with van der Waals surface area (Å²) in [6.07, 6.45) is 4.73. The number of hydrogen-bond donors (Lipinski definition) is 1. The second kappa shape index (κ2) is 11.1. The number of nitrogens with zero attached hydrogens (tertiary/aromatic N) is 5. The van der Waals surface area contributed by atoms with E-state index in [9.17, 15) is 9.90 Å². The van der Waals surface area contributed by atoms with Gasteiger partial charge in [0.2, 0.25) is 0 Å². The highest BCUT2D eigenvalue weighted by Gasteiger charge is 2.26. The first-order valence-electron chi connectivity index (χ1n) is 12.7. The summed E-state index contributed by atoms with van der Waals surface area (Å²) in [4.78, 5) is 26.1. The molecule has 4 aromatic rings. The van der Waals surface area contributed by atoms with E-state index in [0.29, 0.717) is 12.1 Å². The Balaban J connectivity index is 1.54. The van der Waals surface area contributed by atoms with E-state index in [-0.39, 0.29) is 5.91 Å². The summed E-state index contributed by atoms with van der Waals surface area (Å²) in [7, 11) is 6.74. The number of carbonyl (C=O) groups is 1. The SMILES string of the molecule is COc1cc(-c2cnc3c(n2)c(-c2ccc(C(=O)N(C)C)cc2)cn3SI)cc2c1CN(CC(C)(C)O)CC2.